The number of fused-ring (bicyclic) bond motifs is 1. The van der Waals surface area contributed by atoms with Crippen molar-refractivity contribution in [2.75, 3.05) is 13.2 Å². The zero-order chi connectivity index (χ0) is 6.97. The van der Waals surface area contributed by atoms with Crippen LogP contribution in [0.15, 0.2) is 0 Å². The number of amides is 2. The minimum Gasteiger partial charge on any atom is -0.337 e. The van der Waals surface area contributed by atoms with Crippen LogP contribution in [-0.2, 0) is 0 Å². The highest BCUT2D eigenvalue weighted by atomic mass is 16.2. The summed E-state index contributed by atoms with van der Waals surface area (Å²) >= 11 is 0. The minimum atomic E-state index is -0.0266. The molecule has 0 saturated carbocycles. The Labute approximate surface area is 58.7 Å². The normalized spacial score (nSPS) is 31.8. The van der Waals surface area contributed by atoms with Crippen molar-refractivity contribution in [1.29, 1.82) is 0 Å². The Bertz CT molecular complexity index is 160. The third-order valence-electron chi connectivity index (χ3n) is 1.81. The Hall–Kier alpha value is -0.810. The molecule has 2 fully saturated rings. The Morgan fingerprint density at radius 1 is 1.60 bits per heavy atom. The van der Waals surface area contributed by atoms with Gasteiger partial charge >= 0.3 is 6.03 Å². The van der Waals surface area contributed by atoms with Gasteiger partial charge < -0.3 is 5.32 Å². The molecule has 0 spiro atoms. The average molecular weight is 142 g/mol. The summed E-state index contributed by atoms with van der Waals surface area (Å²) in [6.07, 6.45) is 1.17. The third kappa shape index (κ3) is 0.748. The lowest BCUT2D eigenvalue weighted by atomic mass is 10.3. The average Bonchev–Trinajstić information content (AvgIpc) is 2.36. The fourth-order valence-electron chi connectivity index (χ4n) is 1.30. The Balaban J connectivity index is 2.10. The molecule has 3 N–H and O–H groups in total. The van der Waals surface area contributed by atoms with Crippen LogP contribution in [0.4, 0.5) is 4.79 Å². The number of nitrogens with zero attached hydrogens (tertiary/aromatic N) is 1. The van der Waals surface area contributed by atoms with E-state index < -0.39 is 0 Å². The second-order valence-electron chi connectivity index (χ2n) is 2.45. The lowest BCUT2D eigenvalue weighted by Gasteiger charge is -2.28. The number of carbonyl (C=O) groups is 1. The van der Waals surface area contributed by atoms with Gasteiger partial charge in [0.25, 0.3) is 0 Å². The summed E-state index contributed by atoms with van der Waals surface area (Å²) in [7, 11) is 0. The first-order chi connectivity index (χ1) is 4.88. The van der Waals surface area contributed by atoms with E-state index >= 15 is 0 Å². The third-order valence-corrected chi connectivity index (χ3v) is 1.81. The van der Waals surface area contributed by atoms with Gasteiger partial charge in [0, 0.05) is 13.0 Å². The van der Waals surface area contributed by atoms with Crippen molar-refractivity contribution >= 4 is 6.03 Å². The summed E-state index contributed by atoms with van der Waals surface area (Å²) in [5.41, 5.74) is 2.92. The van der Waals surface area contributed by atoms with Crippen molar-refractivity contribution in [1.82, 2.24) is 21.1 Å². The van der Waals surface area contributed by atoms with E-state index in [1.807, 2.05) is 0 Å². The maximum Gasteiger partial charge on any atom is 0.333 e. The summed E-state index contributed by atoms with van der Waals surface area (Å²) in [5.74, 6) is 0. The fraction of sp³-hybridized carbons (Fsp3) is 0.800. The largest absolute Gasteiger partial charge is 0.337 e. The predicted octanol–water partition coefficient (Wildman–Crippen LogP) is -1.21. The molecule has 2 aliphatic rings. The number of hydrogen-bond donors (Lipinski definition) is 3. The van der Waals surface area contributed by atoms with Crippen LogP contribution in [0.25, 0.3) is 0 Å². The Kier molecular flexibility index (Phi) is 1.25. The summed E-state index contributed by atoms with van der Waals surface area (Å²) in [6.45, 7) is 1.47. The zero-order valence-electron chi connectivity index (χ0n) is 5.55. The van der Waals surface area contributed by atoms with Crippen molar-refractivity contribution in [3.63, 3.8) is 0 Å². The van der Waals surface area contributed by atoms with Crippen LogP contribution in [0.2, 0.25) is 0 Å². The van der Waals surface area contributed by atoms with Gasteiger partial charge in [0.15, 0.2) is 0 Å². The SMILES string of the molecule is O=C1NCCC2NCNN12. The van der Waals surface area contributed by atoms with Gasteiger partial charge in [0.2, 0.25) is 0 Å². The second-order valence-corrected chi connectivity index (χ2v) is 2.45. The molecule has 5 nitrogen and oxygen atoms in total. The molecule has 5 heteroatoms. The van der Waals surface area contributed by atoms with Gasteiger partial charge in [-0.15, -0.1) is 0 Å². The maximum atomic E-state index is 11.0. The molecule has 0 aromatic heterocycles. The first-order valence-corrected chi connectivity index (χ1v) is 3.42. The predicted molar refractivity (Wildman–Crippen MR) is 34.8 cm³/mol. The lowest BCUT2D eigenvalue weighted by molar-refractivity contribution is 0.147. The number of urea groups is 1. The van der Waals surface area contributed by atoms with Gasteiger partial charge in [-0.3, -0.25) is 5.32 Å². The molecule has 10 heavy (non-hydrogen) atoms. The highest BCUT2D eigenvalue weighted by Crippen LogP contribution is 2.06. The molecule has 0 bridgehead atoms. The van der Waals surface area contributed by atoms with Crippen LogP contribution >= 0.6 is 0 Å². The van der Waals surface area contributed by atoms with E-state index in [0.717, 1.165) is 13.0 Å². The summed E-state index contributed by atoms with van der Waals surface area (Å²) in [6, 6.07) is -0.0266. The second kappa shape index (κ2) is 2.10. The molecule has 0 aromatic rings. The number of hydrazine groups is 1. The first kappa shape index (κ1) is 5.94. The van der Waals surface area contributed by atoms with E-state index in [9.17, 15) is 4.79 Å². The summed E-state index contributed by atoms with van der Waals surface area (Å²) in [5, 5.41) is 7.48. The number of nitrogens with one attached hydrogen (secondary N) is 3. The van der Waals surface area contributed by atoms with Gasteiger partial charge in [-0.2, -0.15) is 0 Å². The standard InChI is InChI=1S/C5H10N4O/c10-5-6-2-1-4-7-3-8-9(4)5/h4,7-8H,1-3H2,(H,6,10). The van der Waals surface area contributed by atoms with Crippen LogP contribution in [0, 0.1) is 0 Å². The molecular formula is C5H10N4O. The van der Waals surface area contributed by atoms with E-state index in [1.54, 1.807) is 5.01 Å². The molecular weight excluding hydrogens is 132 g/mol. The molecule has 2 aliphatic heterocycles. The van der Waals surface area contributed by atoms with E-state index in [0.29, 0.717) is 6.67 Å². The van der Waals surface area contributed by atoms with Crippen molar-refractivity contribution < 1.29 is 4.79 Å². The van der Waals surface area contributed by atoms with E-state index in [2.05, 4.69) is 16.1 Å². The molecule has 0 radical (unpaired) electrons. The van der Waals surface area contributed by atoms with Crippen LogP contribution in [0.3, 0.4) is 0 Å². The maximum absolute atomic E-state index is 11.0. The molecule has 2 amide bonds. The molecule has 2 heterocycles. The van der Waals surface area contributed by atoms with Gasteiger partial charge in [-0.05, 0) is 0 Å². The highest BCUT2D eigenvalue weighted by molar-refractivity contribution is 5.74. The highest BCUT2D eigenvalue weighted by Gasteiger charge is 2.30. The van der Waals surface area contributed by atoms with E-state index in [-0.39, 0.29) is 12.2 Å². The topological polar surface area (TPSA) is 56.4 Å². The van der Waals surface area contributed by atoms with Crippen LogP contribution in [-0.4, -0.2) is 30.4 Å². The fourth-order valence-corrected chi connectivity index (χ4v) is 1.30. The molecule has 0 aromatic carbocycles. The summed E-state index contributed by atoms with van der Waals surface area (Å²) < 4.78 is 0. The van der Waals surface area contributed by atoms with Gasteiger partial charge in [0.05, 0.1) is 6.67 Å². The lowest BCUT2D eigenvalue weighted by Crippen LogP contribution is -2.54. The van der Waals surface area contributed by atoms with Gasteiger partial charge in [-0.25, -0.2) is 15.2 Å². The molecule has 2 rings (SSSR count). The van der Waals surface area contributed by atoms with E-state index in [1.165, 1.54) is 0 Å². The van der Waals surface area contributed by atoms with Crippen molar-refractivity contribution in [3.05, 3.63) is 0 Å². The number of hydrogen-bond acceptors (Lipinski definition) is 3. The van der Waals surface area contributed by atoms with Crippen LogP contribution < -0.4 is 16.1 Å². The number of carbonyl (C=O) groups excluding carboxylic acids is 1. The van der Waals surface area contributed by atoms with Crippen molar-refractivity contribution in [2.24, 2.45) is 0 Å². The minimum absolute atomic E-state index is 0.0266. The Morgan fingerprint density at radius 3 is 3.30 bits per heavy atom. The van der Waals surface area contributed by atoms with E-state index in [4.69, 9.17) is 0 Å². The number of rotatable bonds is 0. The monoisotopic (exact) mass is 142 g/mol. The molecule has 56 valence electrons. The molecule has 0 aliphatic carbocycles. The van der Waals surface area contributed by atoms with Crippen molar-refractivity contribution in [3.8, 4) is 0 Å². The quantitative estimate of drug-likeness (QED) is 0.398. The van der Waals surface area contributed by atoms with Gasteiger partial charge in [0.1, 0.15) is 6.17 Å². The Morgan fingerprint density at radius 2 is 2.50 bits per heavy atom. The van der Waals surface area contributed by atoms with Crippen molar-refractivity contribution in [2.45, 2.75) is 12.6 Å². The van der Waals surface area contributed by atoms with Gasteiger partial charge in [-0.1, -0.05) is 0 Å². The first-order valence-electron chi connectivity index (χ1n) is 3.42. The zero-order valence-corrected chi connectivity index (χ0v) is 5.55. The van der Waals surface area contributed by atoms with Crippen LogP contribution in [0.1, 0.15) is 6.42 Å². The summed E-state index contributed by atoms with van der Waals surface area (Å²) in [4.78, 5) is 11.0. The molecule has 2 saturated heterocycles. The van der Waals surface area contributed by atoms with Crippen LogP contribution in [0.5, 0.6) is 0 Å². The molecule has 1 atom stereocenters. The smallest absolute Gasteiger partial charge is 0.333 e. The molecule has 1 unspecified atom stereocenters.